The van der Waals surface area contributed by atoms with Crippen LogP contribution in [0.15, 0.2) is 42.5 Å². The first kappa shape index (κ1) is 20.2. The number of benzene rings is 2. The molecule has 0 saturated carbocycles. The first-order valence-corrected chi connectivity index (χ1v) is 9.72. The molecule has 0 radical (unpaired) electrons. The monoisotopic (exact) mass is 420 g/mol. The molecule has 2 aromatic carbocycles. The molecule has 0 atom stereocenters. The quantitative estimate of drug-likeness (QED) is 0.535. The van der Waals surface area contributed by atoms with Crippen LogP contribution in [0.5, 0.6) is 11.5 Å². The Balaban J connectivity index is 1.72. The number of nitrogens with one attached hydrogen (secondary N) is 1. The molecule has 0 unspecified atom stereocenters. The average Bonchev–Trinajstić information content (AvgIpc) is 3.02. The fourth-order valence-electron chi connectivity index (χ4n) is 2.77. The standard InChI is InChI=1S/C19H21FN4O2S2/c1-23(11-13-7-6-10-16(25-2)17(13)26-3)12-24-19(27)28-18(22-24)21-15-9-5-4-8-14(15)20/h4-10H,11-12H2,1-3H3,(H,21,22). The average molecular weight is 421 g/mol. The summed E-state index contributed by atoms with van der Waals surface area (Å²) in [6.07, 6.45) is 0. The molecule has 0 bridgehead atoms. The van der Waals surface area contributed by atoms with Gasteiger partial charge in [-0.1, -0.05) is 35.6 Å². The van der Waals surface area contributed by atoms with Gasteiger partial charge >= 0.3 is 0 Å². The summed E-state index contributed by atoms with van der Waals surface area (Å²) in [4.78, 5) is 2.06. The normalized spacial score (nSPS) is 10.9. The maximum Gasteiger partial charge on any atom is 0.209 e. The summed E-state index contributed by atoms with van der Waals surface area (Å²) in [7, 11) is 5.20. The van der Waals surface area contributed by atoms with E-state index >= 15 is 0 Å². The van der Waals surface area contributed by atoms with Crippen molar-refractivity contribution in [3.05, 3.63) is 57.8 Å². The van der Waals surface area contributed by atoms with Crippen LogP contribution in [0.25, 0.3) is 0 Å². The van der Waals surface area contributed by atoms with Gasteiger partial charge in [0.1, 0.15) is 5.82 Å². The zero-order chi connectivity index (χ0) is 20.1. The molecule has 6 nitrogen and oxygen atoms in total. The van der Waals surface area contributed by atoms with Crippen LogP contribution in [-0.4, -0.2) is 35.9 Å². The number of hydrogen-bond acceptors (Lipinski definition) is 7. The number of ether oxygens (including phenoxy) is 2. The van der Waals surface area contributed by atoms with E-state index in [1.807, 2.05) is 25.2 Å². The van der Waals surface area contributed by atoms with Crippen LogP contribution >= 0.6 is 23.6 Å². The Morgan fingerprint density at radius 3 is 2.68 bits per heavy atom. The smallest absolute Gasteiger partial charge is 0.209 e. The third-order valence-electron chi connectivity index (χ3n) is 4.02. The lowest BCUT2D eigenvalue weighted by molar-refractivity contribution is 0.241. The number of anilines is 2. The van der Waals surface area contributed by atoms with Crippen LogP contribution in [0.3, 0.4) is 0 Å². The van der Waals surface area contributed by atoms with Crippen molar-refractivity contribution in [1.82, 2.24) is 14.7 Å². The fraction of sp³-hybridized carbons (Fsp3) is 0.263. The summed E-state index contributed by atoms with van der Waals surface area (Å²) in [5, 5.41) is 7.98. The number of nitrogens with zero attached hydrogens (tertiary/aromatic N) is 3. The molecule has 0 saturated heterocycles. The predicted octanol–water partition coefficient (Wildman–Crippen LogP) is 4.66. The second-order valence-corrected chi connectivity index (χ2v) is 7.71. The maximum atomic E-state index is 13.8. The van der Waals surface area contributed by atoms with Crippen LogP contribution < -0.4 is 14.8 Å². The van der Waals surface area contributed by atoms with Gasteiger partial charge in [0.25, 0.3) is 0 Å². The molecule has 0 spiro atoms. The van der Waals surface area contributed by atoms with Gasteiger partial charge < -0.3 is 14.8 Å². The second kappa shape index (κ2) is 9.13. The molecular weight excluding hydrogens is 399 g/mol. The van der Waals surface area contributed by atoms with Crippen molar-refractivity contribution in [1.29, 1.82) is 0 Å². The third kappa shape index (κ3) is 4.67. The molecule has 1 aromatic heterocycles. The van der Waals surface area contributed by atoms with Gasteiger partial charge in [-0.25, -0.2) is 9.07 Å². The Bertz CT molecular complexity index is 1010. The van der Waals surface area contributed by atoms with E-state index in [9.17, 15) is 4.39 Å². The molecule has 0 aliphatic rings. The number of methoxy groups -OCH3 is 2. The zero-order valence-corrected chi connectivity index (χ0v) is 17.4. The molecule has 28 heavy (non-hydrogen) atoms. The van der Waals surface area contributed by atoms with Gasteiger partial charge in [-0.15, -0.1) is 5.10 Å². The van der Waals surface area contributed by atoms with Gasteiger partial charge in [-0.3, -0.25) is 4.90 Å². The lowest BCUT2D eigenvalue weighted by Gasteiger charge is -2.19. The molecule has 3 aromatic rings. The van der Waals surface area contributed by atoms with E-state index in [4.69, 9.17) is 21.7 Å². The number of aromatic nitrogens is 2. The number of para-hydroxylation sites is 2. The van der Waals surface area contributed by atoms with Crippen LogP contribution in [0.1, 0.15) is 5.56 Å². The van der Waals surface area contributed by atoms with Crippen molar-refractivity contribution in [3.8, 4) is 11.5 Å². The minimum absolute atomic E-state index is 0.336. The Kier molecular flexibility index (Phi) is 6.61. The van der Waals surface area contributed by atoms with Crippen molar-refractivity contribution in [2.24, 2.45) is 0 Å². The van der Waals surface area contributed by atoms with Gasteiger partial charge in [0.05, 0.1) is 26.6 Å². The molecule has 1 N–H and O–H groups in total. The molecule has 0 aliphatic heterocycles. The molecule has 3 rings (SSSR count). The van der Waals surface area contributed by atoms with Crippen LogP contribution in [0, 0.1) is 9.77 Å². The summed E-state index contributed by atoms with van der Waals surface area (Å²) in [5.41, 5.74) is 1.36. The van der Waals surface area contributed by atoms with Gasteiger partial charge in [-0.2, -0.15) is 0 Å². The molecule has 148 valence electrons. The van der Waals surface area contributed by atoms with Gasteiger partial charge in [0, 0.05) is 12.1 Å². The van der Waals surface area contributed by atoms with Gasteiger partial charge in [0.2, 0.25) is 5.13 Å². The summed E-state index contributed by atoms with van der Waals surface area (Å²) < 4.78 is 27.0. The molecular formula is C19H21FN4O2S2. The minimum Gasteiger partial charge on any atom is -0.493 e. The first-order valence-electron chi connectivity index (χ1n) is 8.49. The van der Waals surface area contributed by atoms with Crippen LogP contribution in [-0.2, 0) is 13.2 Å². The Morgan fingerprint density at radius 1 is 1.18 bits per heavy atom. The SMILES string of the molecule is COc1cccc(CN(C)Cn2nc(Nc3ccccc3F)sc2=S)c1OC. The van der Waals surface area contributed by atoms with E-state index in [0.717, 1.165) is 5.56 Å². The highest BCUT2D eigenvalue weighted by atomic mass is 32.1. The number of hydrogen-bond donors (Lipinski definition) is 1. The summed E-state index contributed by atoms with van der Waals surface area (Å²) in [5.74, 6) is 1.06. The summed E-state index contributed by atoms with van der Waals surface area (Å²) in [6, 6.07) is 12.2. The molecule has 1 heterocycles. The predicted molar refractivity (Wildman–Crippen MR) is 112 cm³/mol. The summed E-state index contributed by atoms with van der Waals surface area (Å²) in [6.45, 7) is 1.10. The summed E-state index contributed by atoms with van der Waals surface area (Å²) >= 11 is 6.70. The van der Waals surface area contributed by atoms with Crippen molar-refractivity contribution in [3.63, 3.8) is 0 Å². The lowest BCUT2D eigenvalue weighted by Crippen LogP contribution is -2.22. The first-order chi connectivity index (χ1) is 13.5. The lowest BCUT2D eigenvalue weighted by atomic mass is 10.2. The minimum atomic E-state index is -0.336. The fourth-order valence-corrected chi connectivity index (χ4v) is 3.78. The highest BCUT2D eigenvalue weighted by molar-refractivity contribution is 7.73. The van der Waals surface area contributed by atoms with E-state index in [0.29, 0.717) is 39.5 Å². The highest BCUT2D eigenvalue weighted by Gasteiger charge is 2.13. The zero-order valence-electron chi connectivity index (χ0n) is 15.8. The third-order valence-corrected chi connectivity index (χ3v) is 5.25. The second-order valence-electron chi connectivity index (χ2n) is 6.09. The van der Waals surface area contributed by atoms with Crippen LogP contribution in [0.2, 0.25) is 0 Å². The number of halogens is 1. The van der Waals surface area contributed by atoms with Crippen molar-refractivity contribution < 1.29 is 13.9 Å². The molecule has 9 heteroatoms. The Labute approximate surface area is 172 Å². The highest BCUT2D eigenvalue weighted by Crippen LogP contribution is 2.31. The Hall–Kier alpha value is -2.49. The van der Waals surface area contributed by atoms with Gasteiger partial charge in [-0.05, 0) is 37.5 Å². The van der Waals surface area contributed by atoms with E-state index in [1.54, 1.807) is 37.1 Å². The van der Waals surface area contributed by atoms with Gasteiger partial charge in [0.15, 0.2) is 15.5 Å². The number of rotatable bonds is 8. The molecule has 0 fully saturated rings. The van der Waals surface area contributed by atoms with Crippen molar-refractivity contribution >= 4 is 34.4 Å². The Morgan fingerprint density at radius 2 is 1.96 bits per heavy atom. The molecule has 0 amide bonds. The van der Waals surface area contributed by atoms with E-state index < -0.39 is 0 Å². The van der Waals surface area contributed by atoms with Crippen LogP contribution in [0.4, 0.5) is 15.2 Å². The van der Waals surface area contributed by atoms with E-state index in [2.05, 4.69) is 15.3 Å². The van der Waals surface area contributed by atoms with E-state index in [1.165, 1.54) is 17.4 Å². The maximum absolute atomic E-state index is 13.8. The van der Waals surface area contributed by atoms with Crippen molar-refractivity contribution in [2.75, 3.05) is 26.6 Å². The van der Waals surface area contributed by atoms with E-state index in [-0.39, 0.29) is 5.82 Å². The topological polar surface area (TPSA) is 51.5 Å². The molecule has 0 aliphatic carbocycles. The largest absolute Gasteiger partial charge is 0.493 e. The van der Waals surface area contributed by atoms with Crippen molar-refractivity contribution in [2.45, 2.75) is 13.2 Å².